The molecule has 0 radical (unpaired) electrons. The molecule has 0 aliphatic rings. The van der Waals surface area contributed by atoms with Crippen molar-refractivity contribution in [2.24, 2.45) is 0 Å². The Balaban J connectivity index is 2.10. The van der Waals surface area contributed by atoms with Crippen molar-refractivity contribution in [3.8, 4) is 0 Å². The average Bonchev–Trinajstić information content (AvgIpc) is 2.88. The Morgan fingerprint density at radius 1 is 1.26 bits per heavy atom. The van der Waals surface area contributed by atoms with E-state index < -0.39 is 0 Å². The zero-order chi connectivity index (χ0) is 17.0. The molecule has 0 saturated carbocycles. The summed E-state index contributed by atoms with van der Waals surface area (Å²) in [6, 6.07) is 6.54. The lowest BCUT2D eigenvalue weighted by Gasteiger charge is -2.09. The quantitative estimate of drug-likeness (QED) is 0.855. The maximum atomic E-state index is 12.3. The second-order valence-electron chi connectivity index (χ2n) is 5.40. The predicted octanol–water partition coefficient (Wildman–Crippen LogP) is 3.36. The minimum absolute atomic E-state index is 0.175. The smallest absolute Gasteiger partial charge is 0.338 e. The van der Waals surface area contributed by atoms with E-state index in [1.807, 2.05) is 6.92 Å². The fraction of sp³-hybridized carbons (Fsp3) is 0.353. The summed E-state index contributed by atoms with van der Waals surface area (Å²) in [5.41, 5.74) is 2.10. The van der Waals surface area contributed by atoms with E-state index in [2.05, 4.69) is 10.5 Å². The third-order valence-corrected chi connectivity index (χ3v) is 3.22. The SMILES string of the molecule is CCc1noc(C)c1C(=O)Nc1ccc(C(=O)OC(C)C)cc1. The topological polar surface area (TPSA) is 81.4 Å². The molecule has 0 aliphatic heterocycles. The molecule has 6 nitrogen and oxygen atoms in total. The summed E-state index contributed by atoms with van der Waals surface area (Å²) in [5.74, 6) is -0.185. The van der Waals surface area contributed by atoms with E-state index in [1.54, 1.807) is 45.0 Å². The minimum Gasteiger partial charge on any atom is -0.459 e. The Morgan fingerprint density at radius 2 is 1.91 bits per heavy atom. The lowest BCUT2D eigenvalue weighted by atomic mass is 10.1. The number of anilines is 1. The highest BCUT2D eigenvalue weighted by atomic mass is 16.5. The van der Waals surface area contributed by atoms with Gasteiger partial charge in [0, 0.05) is 5.69 Å². The van der Waals surface area contributed by atoms with Crippen LogP contribution < -0.4 is 5.32 Å². The van der Waals surface area contributed by atoms with Crippen molar-refractivity contribution in [3.63, 3.8) is 0 Å². The van der Waals surface area contributed by atoms with Gasteiger partial charge in [0.2, 0.25) is 0 Å². The van der Waals surface area contributed by atoms with Crippen LogP contribution in [0.25, 0.3) is 0 Å². The van der Waals surface area contributed by atoms with Gasteiger partial charge in [-0.25, -0.2) is 4.79 Å². The maximum Gasteiger partial charge on any atom is 0.338 e. The van der Waals surface area contributed by atoms with Crippen LogP contribution in [0.5, 0.6) is 0 Å². The van der Waals surface area contributed by atoms with Crippen LogP contribution >= 0.6 is 0 Å². The molecule has 1 N–H and O–H groups in total. The fourth-order valence-electron chi connectivity index (χ4n) is 2.12. The van der Waals surface area contributed by atoms with E-state index in [0.717, 1.165) is 0 Å². The Labute approximate surface area is 134 Å². The van der Waals surface area contributed by atoms with Crippen LogP contribution in [-0.2, 0) is 11.2 Å². The Kier molecular flexibility index (Phi) is 5.16. The molecule has 0 fully saturated rings. The maximum absolute atomic E-state index is 12.3. The second-order valence-corrected chi connectivity index (χ2v) is 5.40. The van der Waals surface area contributed by atoms with Crippen molar-refractivity contribution in [1.82, 2.24) is 5.16 Å². The normalized spacial score (nSPS) is 10.7. The lowest BCUT2D eigenvalue weighted by Crippen LogP contribution is -2.15. The number of carbonyl (C=O) groups excluding carboxylic acids is 2. The number of rotatable bonds is 5. The first-order valence-corrected chi connectivity index (χ1v) is 7.50. The zero-order valence-electron chi connectivity index (χ0n) is 13.7. The van der Waals surface area contributed by atoms with E-state index in [0.29, 0.717) is 34.7 Å². The molecule has 1 heterocycles. The third kappa shape index (κ3) is 3.97. The number of carbonyl (C=O) groups is 2. The third-order valence-electron chi connectivity index (χ3n) is 3.22. The van der Waals surface area contributed by atoms with Gasteiger partial charge in [0.05, 0.1) is 17.4 Å². The zero-order valence-corrected chi connectivity index (χ0v) is 13.7. The van der Waals surface area contributed by atoms with Gasteiger partial charge in [-0.1, -0.05) is 12.1 Å². The Morgan fingerprint density at radius 3 is 2.48 bits per heavy atom. The molecule has 0 saturated heterocycles. The standard InChI is InChI=1S/C17H20N2O4/c1-5-14-15(11(4)23-19-14)16(20)18-13-8-6-12(7-9-13)17(21)22-10(2)3/h6-10H,5H2,1-4H3,(H,18,20). The van der Waals surface area contributed by atoms with Crippen LogP contribution in [0.1, 0.15) is 52.9 Å². The molecule has 0 unspecified atom stereocenters. The predicted molar refractivity (Wildman–Crippen MR) is 85.6 cm³/mol. The van der Waals surface area contributed by atoms with E-state index in [9.17, 15) is 9.59 Å². The molecule has 1 amide bonds. The molecule has 6 heteroatoms. The molecule has 1 aromatic carbocycles. The van der Waals surface area contributed by atoms with Crippen molar-refractivity contribution in [2.75, 3.05) is 5.32 Å². The van der Waals surface area contributed by atoms with Crippen LogP contribution in [-0.4, -0.2) is 23.1 Å². The summed E-state index contributed by atoms with van der Waals surface area (Å²) in [6.07, 6.45) is 0.436. The number of nitrogens with zero attached hydrogens (tertiary/aromatic N) is 1. The fourth-order valence-corrected chi connectivity index (χ4v) is 2.12. The summed E-state index contributed by atoms with van der Waals surface area (Å²) in [4.78, 5) is 24.1. The molecule has 2 rings (SSSR count). The van der Waals surface area contributed by atoms with Crippen LogP contribution in [0.4, 0.5) is 5.69 Å². The van der Waals surface area contributed by atoms with Crippen molar-refractivity contribution in [3.05, 3.63) is 46.8 Å². The van der Waals surface area contributed by atoms with Gasteiger partial charge < -0.3 is 14.6 Å². The Hall–Kier alpha value is -2.63. The first-order chi connectivity index (χ1) is 10.9. The number of hydrogen-bond donors (Lipinski definition) is 1. The van der Waals surface area contributed by atoms with Crippen molar-refractivity contribution >= 4 is 17.6 Å². The van der Waals surface area contributed by atoms with E-state index in [-0.39, 0.29) is 18.0 Å². The first kappa shape index (κ1) is 16.7. The number of esters is 1. The Bertz CT molecular complexity index is 702. The largest absolute Gasteiger partial charge is 0.459 e. The van der Waals surface area contributed by atoms with Crippen LogP contribution in [0, 0.1) is 6.92 Å². The molecule has 23 heavy (non-hydrogen) atoms. The summed E-state index contributed by atoms with van der Waals surface area (Å²) >= 11 is 0. The van der Waals surface area contributed by atoms with Crippen molar-refractivity contribution < 1.29 is 18.8 Å². The number of aryl methyl sites for hydroxylation is 2. The molecule has 122 valence electrons. The van der Waals surface area contributed by atoms with Gasteiger partial charge in [-0.3, -0.25) is 4.79 Å². The first-order valence-electron chi connectivity index (χ1n) is 7.50. The van der Waals surface area contributed by atoms with Gasteiger partial charge in [0.15, 0.2) is 0 Å². The monoisotopic (exact) mass is 316 g/mol. The molecule has 2 aromatic rings. The summed E-state index contributed by atoms with van der Waals surface area (Å²) in [5, 5.41) is 6.64. The number of hydrogen-bond acceptors (Lipinski definition) is 5. The lowest BCUT2D eigenvalue weighted by molar-refractivity contribution is 0.0378. The van der Waals surface area contributed by atoms with Crippen molar-refractivity contribution in [2.45, 2.75) is 40.2 Å². The van der Waals surface area contributed by atoms with Gasteiger partial charge in [-0.05, 0) is 51.5 Å². The second kappa shape index (κ2) is 7.09. The van der Waals surface area contributed by atoms with E-state index in [4.69, 9.17) is 9.26 Å². The minimum atomic E-state index is -0.388. The highest BCUT2D eigenvalue weighted by molar-refractivity contribution is 6.05. The highest BCUT2D eigenvalue weighted by Crippen LogP contribution is 2.17. The van der Waals surface area contributed by atoms with Gasteiger partial charge in [0.1, 0.15) is 11.3 Å². The highest BCUT2D eigenvalue weighted by Gasteiger charge is 2.19. The number of benzene rings is 1. The number of ether oxygens (including phenoxy) is 1. The van der Waals surface area contributed by atoms with Gasteiger partial charge in [-0.2, -0.15) is 0 Å². The molecule has 0 atom stereocenters. The number of aromatic nitrogens is 1. The van der Waals surface area contributed by atoms with Gasteiger partial charge in [0.25, 0.3) is 5.91 Å². The summed E-state index contributed by atoms with van der Waals surface area (Å²) < 4.78 is 10.2. The molecule has 0 bridgehead atoms. The van der Waals surface area contributed by atoms with Crippen LogP contribution in [0.3, 0.4) is 0 Å². The molecular weight excluding hydrogens is 296 g/mol. The molecular formula is C17H20N2O4. The number of nitrogens with one attached hydrogen (secondary N) is 1. The van der Waals surface area contributed by atoms with Crippen LogP contribution in [0.15, 0.2) is 28.8 Å². The van der Waals surface area contributed by atoms with Gasteiger partial charge in [-0.15, -0.1) is 0 Å². The summed E-state index contributed by atoms with van der Waals surface area (Å²) in [6.45, 7) is 7.19. The van der Waals surface area contributed by atoms with Crippen molar-refractivity contribution in [1.29, 1.82) is 0 Å². The summed E-state index contributed by atoms with van der Waals surface area (Å²) in [7, 11) is 0. The van der Waals surface area contributed by atoms with E-state index >= 15 is 0 Å². The number of amides is 1. The molecule has 0 aliphatic carbocycles. The molecule has 0 spiro atoms. The van der Waals surface area contributed by atoms with Crippen LogP contribution in [0.2, 0.25) is 0 Å². The van der Waals surface area contributed by atoms with Gasteiger partial charge >= 0.3 is 5.97 Å². The average molecular weight is 316 g/mol. The molecule has 1 aromatic heterocycles. The van der Waals surface area contributed by atoms with E-state index in [1.165, 1.54) is 0 Å².